The molecule has 0 aliphatic carbocycles. The van der Waals surface area contributed by atoms with Gasteiger partial charge in [-0.05, 0) is 31.2 Å². The highest BCUT2D eigenvalue weighted by Gasteiger charge is 2.30. The predicted molar refractivity (Wildman–Crippen MR) is 111 cm³/mol. The van der Waals surface area contributed by atoms with Gasteiger partial charge in [0.15, 0.2) is 5.65 Å². The van der Waals surface area contributed by atoms with Crippen molar-refractivity contribution in [3.63, 3.8) is 0 Å². The summed E-state index contributed by atoms with van der Waals surface area (Å²) in [5, 5.41) is 3.10. The van der Waals surface area contributed by atoms with Gasteiger partial charge in [-0.2, -0.15) is 0 Å². The van der Waals surface area contributed by atoms with E-state index in [1.54, 1.807) is 6.07 Å². The quantitative estimate of drug-likeness (QED) is 0.665. The number of hydrogen-bond donors (Lipinski definition) is 3. The van der Waals surface area contributed by atoms with Crippen molar-refractivity contribution < 1.29 is 4.79 Å². The van der Waals surface area contributed by atoms with Crippen LogP contribution in [0.5, 0.6) is 0 Å². The number of fused-ring (bicyclic) bond motifs is 1. The van der Waals surface area contributed by atoms with Gasteiger partial charge in [0.2, 0.25) is 0 Å². The van der Waals surface area contributed by atoms with Crippen LogP contribution in [0.2, 0.25) is 0 Å². The van der Waals surface area contributed by atoms with Crippen LogP contribution < -0.4 is 22.3 Å². The molecular weight excluding hydrogens is 358 g/mol. The first-order chi connectivity index (χ1) is 13.1. The van der Waals surface area contributed by atoms with Crippen LogP contribution in [0.25, 0.3) is 11.0 Å². The number of pyridine rings is 1. The zero-order chi connectivity index (χ0) is 21.2. The maximum atomic E-state index is 13.2. The van der Waals surface area contributed by atoms with E-state index >= 15 is 0 Å². The Morgan fingerprint density at radius 3 is 2.46 bits per heavy atom. The average molecular weight is 390 g/mol. The molecule has 8 heteroatoms. The van der Waals surface area contributed by atoms with Crippen LogP contribution in [0.4, 0.5) is 0 Å². The molecule has 4 N–H and O–H groups in total. The first-order valence-corrected chi connectivity index (χ1v) is 9.76. The number of aryl methyl sites for hydroxylation is 1. The number of H-pyrrole nitrogens is 1. The van der Waals surface area contributed by atoms with Gasteiger partial charge in [-0.15, -0.1) is 0 Å². The Kier molecular flexibility index (Phi) is 6.44. The molecule has 0 saturated carbocycles. The number of carbonyl (C=O) groups is 1. The second kappa shape index (κ2) is 8.26. The largest absolute Gasteiger partial charge is 0.345 e. The van der Waals surface area contributed by atoms with Crippen molar-refractivity contribution in [1.29, 1.82) is 0 Å². The third kappa shape index (κ3) is 4.01. The monoisotopic (exact) mass is 389 g/mol. The minimum absolute atomic E-state index is 0.0198. The van der Waals surface area contributed by atoms with Crippen LogP contribution in [-0.2, 0) is 6.54 Å². The van der Waals surface area contributed by atoms with Crippen molar-refractivity contribution in [3.8, 4) is 0 Å². The van der Waals surface area contributed by atoms with E-state index in [0.717, 1.165) is 0 Å². The van der Waals surface area contributed by atoms with Gasteiger partial charge < -0.3 is 11.1 Å². The maximum absolute atomic E-state index is 13.2. The number of nitrogens with zero attached hydrogens (tertiary/aromatic N) is 2. The zero-order valence-corrected chi connectivity index (χ0v) is 17.5. The first-order valence-electron chi connectivity index (χ1n) is 9.76. The summed E-state index contributed by atoms with van der Waals surface area (Å²) in [4.78, 5) is 45.0. The molecule has 2 aromatic heterocycles. The molecule has 0 bridgehead atoms. The van der Waals surface area contributed by atoms with E-state index in [4.69, 9.17) is 5.73 Å². The Hall–Kier alpha value is -2.48. The van der Waals surface area contributed by atoms with Crippen molar-refractivity contribution >= 4 is 16.9 Å². The normalized spacial score (nSPS) is 13.9. The summed E-state index contributed by atoms with van der Waals surface area (Å²) < 4.78 is 1.42. The van der Waals surface area contributed by atoms with E-state index in [9.17, 15) is 14.4 Å². The highest BCUT2D eigenvalue weighted by Crippen LogP contribution is 2.22. The van der Waals surface area contributed by atoms with E-state index in [0.29, 0.717) is 18.7 Å². The van der Waals surface area contributed by atoms with Crippen molar-refractivity contribution in [1.82, 2.24) is 19.9 Å². The van der Waals surface area contributed by atoms with Crippen molar-refractivity contribution in [2.75, 3.05) is 6.54 Å². The van der Waals surface area contributed by atoms with E-state index in [1.807, 2.05) is 41.5 Å². The van der Waals surface area contributed by atoms with Crippen LogP contribution in [0.15, 0.2) is 15.7 Å². The van der Waals surface area contributed by atoms with Crippen LogP contribution >= 0.6 is 0 Å². The molecule has 1 atom stereocenters. The number of carbonyl (C=O) groups excluding carboxylic acids is 1. The van der Waals surface area contributed by atoms with Crippen LogP contribution in [-0.4, -0.2) is 32.5 Å². The second-order valence-electron chi connectivity index (χ2n) is 8.09. The molecule has 2 rings (SSSR count). The number of nitrogens with one attached hydrogen (secondary N) is 2. The molecule has 2 aromatic rings. The molecule has 0 aliphatic heterocycles. The van der Waals surface area contributed by atoms with Gasteiger partial charge in [0.1, 0.15) is 0 Å². The Morgan fingerprint density at radius 1 is 1.32 bits per heavy atom. The zero-order valence-electron chi connectivity index (χ0n) is 17.5. The number of aromatic nitrogens is 3. The molecule has 0 saturated heterocycles. The fraction of sp³-hybridized carbons (Fsp3) is 0.600. The second-order valence-corrected chi connectivity index (χ2v) is 8.09. The molecule has 0 spiro atoms. The van der Waals surface area contributed by atoms with E-state index < -0.39 is 22.7 Å². The number of rotatable bonds is 7. The standard InChI is InChI=1S/C20H31N5O3/c1-7-8-25-16-15(18(27)23-19(25)28)13(9-14(22-16)11(2)3)17(26)24-20(6,10-21)12(4)5/h9,11-12H,7-8,10,21H2,1-6H3,(H,24,26)(H,23,27,28). The van der Waals surface area contributed by atoms with Gasteiger partial charge in [-0.25, -0.2) is 9.78 Å². The third-order valence-corrected chi connectivity index (χ3v) is 5.35. The first kappa shape index (κ1) is 21.8. The lowest BCUT2D eigenvalue weighted by Crippen LogP contribution is -2.55. The summed E-state index contributed by atoms with van der Waals surface area (Å²) in [5.41, 5.74) is 5.23. The molecule has 0 radical (unpaired) electrons. The summed E-state index contributed by atoms with van der Waals surface area (Å²) in [6, 6.07) is 1.63. The highest BCUT2D eigenvalue weighted by atomic mass is 16.2. The van der Waals surface area contributed by atoms with Crippen LogP contribution in [0.1, 0.15) is 69.9 Å². The Bertz CT molecular complexity index is 990. The highest BCUT2D eigenvalue weighted by molar-refractivity contribution is 6.05. The van der Waals surface area contributed by atoms with Crippen molar-refractivity contribution in [3.05, 3.63) is 38.2 Å². The SMILES string of the molecule is CCCn1c(=O)[nH]c(=O)c2c(C(=O)NC(C)(CN)C(C)C)cc(C(C)C)nc21. The minimum atomic E-state index is -0.630. The number of aromatic amines is 1. The Labute approximate surface area is 164 Å². The summed E-state index contributed by atoms with van der Waals surface area (Å²) in [6.45, 7) is 12.3. The minimum Gasteiger partial charge on any atom is -0.345 e. The Morgan fingerprint density at radius 2 is 1.96 bits per heavy atom. The lowest BCUT2D eigenvalue weighted by Gasteiger charge is -2.33. The molecule has 0 fully saturated rings. The molecular formula is C20H31N5O3. The number of hydrogen-bond acceptors (Lipinski definition) is 5. The molecule has 1 unspecified atom stereocenters. The molecule has 1 amide bonds. The van der Waals surface area contributed by atoms with E-state index in [1.165, 1.54) is 4.57 Å². The summed E-state index contributed by atoms with van der Waals surface area (Å²) >= 11 is 0. The predicted octanol–water partition coefficient (Wildman–Crippen LogP) is 1.72. The van der Waals surface area contributed by atoms with Crippen molar-refractivity contribution in [2.45, 2.75) is 66.0 Å². The molecule has 2 heterocycles. The van der Waals surface area contributed by atoms with Crippen molar-refractivity contribution in [2.24, 2.45) is 11.7 Å². The number of nitrogens with two attached hydrogens (primary N) is 1. The van der Waals surface area contributed by atoms with Gasteiger partial charge in [0, 0.05) is 18.8 Å². The van der Waals surface area contributed by atoms with Gasteiger partial charge in [0.05, 0.1) is 16.5 Å². The molecule has 154 valence electrons. The summed E-state index contributed by atoms with van der Waals surface area (Å²) in [5.74, 6) is -0.287. The van der Waals surface area contributed by atoms with Crippen LogP contribution in [0, 0.1) is 5.92 Å². The van der Waals surface area contributed by atoms with Gasteiger partial charge in [-0.1, -0.05) is 34.6 Å². The maximum Gasteiger partial charge on any atom is 0.329 e. The summed E-state index contributed by atoms with van der Waals surface area (Å²) in [6.07, 6.45) is 0.689. The topological polar surface area (TPSA) is 123 Å². The fourth-order valence-corrected chi connectivity index (χ4v) is 2.96. The third-order valence-electron chi connectivity index (χ3n) is 5.35. The van der Waals surface area contributed by atoms with Gasteiger partial charge >= 0.3 is 5.69 Å². The molecule has 28 heavy (non-hydrogen) atoms. The van der Waals surface area contributed by atoms with E-state index in [-0.39, 0.29) is 35.0 Å². The smallest absolute Gasteiger partial charge is 0.329 e. The molecule has 0 aromatic carbocycles. The van der Waals surface area contributed by atoms with Gasteiger partial charge in [0.25, 0.3) is 11.5 Å². The fourth-order valence-electron chi connectivity index (χ4n) is 2.96. The van der Waals surface area contributed by atoms with Gasteiger partial charge in [-0.3, -0.25) is 19.1 Å². The average Bonchev–Trinajstić information content (AvgIpc) is 2.63. The van der Waals surface area contributed by atoms with E-state index in [2.05, 4.69) is 15.3 Å². The Balaban J connectivity index is 2.81. The number of amides is 1. The summed E-state index contributed by atoms with van der Waals surface area (Å²) in [7, 11) is 0. The molecule has 0 aliphatic rings. The lowest BCUT2D eigenvalue weighted by atomic mass is 9.88. The van der Waals surface area contributed by atoms with Crippen LogP contribution in [0.3, 0.4) is 0 Å². The lowest BCUT2D eigenvalue weighted by molar-refractivity contribution is 0.0884. The molecule has 8 nitrogen and oxygen atoms in total.